The second-order valence-corrected chi connectivity index (χ2v) is 3.26. The van der Waals surface area contributed by atoms with Gasteiger partial charge < -0.3 is 15.5 Å². The molecular formula is C9H9ClN4O. The highest BCUT2D eigenvalue weighted by Crippen LogP contribution is 2.28. The van der Waals surface area contributed by atoms with Crippen LogP contribution >= 0.6 is 11.6 Å². The smallest absolute Gasteiger partial charge is 0.224 e. The maximum atomic E-state index is 5.75. The summed E-state index contributed by atoms with van der Waals surface area (Å²) in [6, 6.07) is 3.47. The van der Waals surface area contributed by atoms with Gasteiger partial charge >= 0.3 is 0 Å². The van der Waals surface area contributed by atoms with Gasteiger partial charge in [0.1, 0.15) is 5.15 Å². The van der Waals surface area contributed by atoms with E-state index >= 15 is 0 Å². The van der Waals surface area contributed by atoms with Crippen LogP contribution in [0.25, 0.3) is 11.3 Å². The Morgan fingerprint density at radius 1 is 1.47 bits per heavy atom. The molecule has 0 aliphatic rings. The number of pyridine rings is 1. The quantitative estimate of drug-likeness (QED) is 0.762. The summed E-state index contributed by atoms with van der Waals surface area (Å²) >= 11 is 5.75. The molecule has 0 unspecified atom stereocenters. The zero-order valence-electron chi connectivity index (χ0n) is 7.99. The summed E-state index contributed by atoms with van der Waals surface area (Å²) in [7, 11) is 1.53. The molecule has 0 amide bonds. The Hall–Kier alpha value is -1.75. The summed E-state index contributed by atoms with van der Waals surface area (Å²) in [6.45, 7) is 0. The minimum atomic E-state index is 0.349. The normalized spacial score (nSPS) is 10.3. The summed E-state index contributed by atoms with van der Waals surface area (Å²) in [6.07, 6.45) is 1.61. The number of imidazole rings is 1. The fourth-order valence-electron chi connectivity index (χ4n) is 1.25. The average molecular weight is 225 g/mol. The van der Waals surface area contributed by atoms with Gasteiger partial charge in [0.2, 0.25) is 5.88 Å². The third-order valence-electron chi connectivity index (χ3n) is 1.91. The molecule has 0 aliphatic heterocycles. The number of hydrogen-bond donors (Lipinski definition) is 2. The van der Waals surface area contributed by atoms with E-state index in [0.717, 1.165) is 11.3 Å². The summed E-state index contributed by atoms with van der Waals surface area (Å²) in [5.74, 6) is 0.785. The van der Waals surface area contributed by atoms with Crippen molar-refractivity contribution in [3.05, 3.63) is 23.5 Å². The number of nitrogen functional groups attached to an aromatic ring is 1. The van der Waals surface area contributed by atoms with Gasteiger partial charge in [-0.2, -0.15) is 0 Å². The number of hydrogen-bond acceptors (Lipinski definition) is 4. The Morgan fingerprint density at radius 2 is 2.27 bits per heavy atom. The number of aromatic amines is 1. The number of nitrogens with two attached hydrogens (primary N) is 1. The Balaban J connectivity index is 2.52. The third-order valence-corrected chi connectivity index (χ3v) is 2.12. The van der Waals surface area contributed by atoms with Crippen molar-refractivity contribution in [3.63, 3.8) is 0 Å². The van der Waals surface area contributed by atoms with Crippen LogP contribution in [0, 0.1) is 0 Å². The van der Waals surface area contributed by atoms with Gasteiger partial charge in [0.15, 0.2) is 5.95 Å². The summed E-state index contributed by atoms with van der Waals surface area (Å²) in [5.41, 5.74) is 7.00. The second-order valence-electron chi connectivity index (χ2n) is 2.87. The maximum Gasteiger partial charge on any atom is 0.224 e. The molecule has 0 atom stereocenters. The molecule has 0 bridgehead atoms. The zero-order chi connectivity index (χ0) is 10.8. The van der Waals surface area contributed by atoms with Gasteiger partial charge in [-0.3, -0.25) is 0 Å². The number of methoxy groups -OCH3 is 1. The number of nitrogens with zero attached hydrogens (tertiary/aromatic N) is 2. The molecule has 0 aliphatic carbocycles. The van der Waals surface area contributed by atoms with Crippen molar-refractivity contribution >= 4 is 17.5 Å². The number of ether oxygens (including phenoxy) is 1. The van der Waals surface area contributed by atoms with Gasteiger partial charge in [0.05, 0.1) is 24.6 Å². The van der Waals surface area contributed by atoms with Crippen LogP contribution < -0.4 is 10.5 Å². The van der Waals surface area contributed by atoms with E-state index < -0.39 is 0 Å². The van der Waals surface area contributed by atoms with Crippen LogP contribution in [-0.2, 0) is 0 Å². The van der Waals surface area contributed by atoms with Gasteiger partial charge in [-0.25, -0.2) is 9.97 Å². The average Bonchev–Trinajstić information content (AvgIpc) is 2.64. The fourth-order valence-corrected chi connectivity index (χ4v) is 1.39. The molecule has 15 heavy (non-hydrogen) atoms. The molecular weight excluding hydrogens is 216 g/mol. The van der Waals surface area contributed by atoms with Crippen molar-refractivity contribution in [1.29, 1.82) is 0 Å². The first-order valence-electron chi connectivity index (χ1n) is 4.22. The SMILES string of the molecule is COc1nc(Cl)ccc1-c1cnc(N)[nH]1. The standard InChI is InChI=1S/C9H9ClN4O/c1-15-8-5(2-3-7(10)14-8)6-4-12-9(11)13-6/h2-4H,1H3,(H3,11,12,13). The van der Waals surface area contributed by atoms with Crippen molar-refractivity contribution in [2.75, 3.05) is 12.8 Å². The number of anilines is 1. The van der Waals surface area contributed by atoms with Crippen LogP contribution in [0.4, 0.5) is 5.95 Å². The largest absolute Gasteiger partial charge is 0.480 e. The summed E-state index contributed by atoms with van der Waals surface area (Å²) in [4.78, 5) is 10.8. The van der Waals surface area contributed by atoms with E-state index in [1.807, 2.05) is 0 Å². The first kappa shape index (κ1) is 9.79. The van der Waals surface area contributed by atoms with E-state index in [0.29, 0.717) is 17.0 Å². The van der Waals surface area contributed by atoms with Crippen molar-refractivity contribution in [2.24, 2.45) is 0 Å². The molecule has 2 aromatic rings. The topological polar surface area (TPSA) is 76.8 Å². The highest BCUT2D eigenvalue weighted by Gasteiger charge is 2.09. The van der Waals surface area contributed by atoms with Gasteiger partial charge in [0.25, 0.3) is 0 Å². The summed E-state index contributed by atoms with van der Waals surface area (Å²) < 4.78 is 5.11. The molecule has 0 fully saturated rings. The highest BCUT2D eigenvalue weighted by atomic mass is 35.5. The van der Waals surface area contributed by atoms with E-state index in [-0.39, 0.29) is 0 Å². The van der Waals surface area contributed by atoms with Crippen LogP contribution in [0.2, 0.25) is 5.15 Å². The van der Waals surface area contributed by atoms with Crippen molar-refractivity contribution < 1.29 is 4.74 Å². The number of H-pyrrole nitrogens is 1. The van der Waals surface area contributed by atoms with Crippen LogP contribution in [0.1, 0.15) is 0 Å². The molecule has 2 aromatic heterocycles. The molecule has 3 N–H and O–H groups in total. The number of rotatable bonds is 2. The molecule has 2 heterocycles. The lowest BCUT2D eigenvalue weighted by Crippen LogP contribution is -1.92. The number of nitrogens with one attached hydrogen (secondary N) is 1. The van der Waals surface area contributed by atoms with Crippen LogP contribution in [0.3, 0.4) is 0 Å². The highest BCUT2D eigenvalue weighted by molar-refractivity contribution is 6.29. The van der Waals surface area contributed by atoms with Crippen LogP contribution in [0.5, 0.6) is 5.88 Å². The molecule has 0 saturated carbocycles. The monoisotopic (exact) mass is 224 g/mol. The minimum absolute atomic E-state index is 0.349. The van der Waals surface area contributed by atoms with E-state index in [1.165, 1.54) is 7.11 Å². The first-order valence-corrected chi connectivity index (χ1v) is 4.60. The summed E-state index contributed by atoms with van der Waals surface area (Å²) in [5, 5.41) is 0.378. The van der Waals surface area contributed by atoms with Gasteiger partial charge in [-0.15, -0.1) is 0 Å². The molecule has 0 aromatic carbocycles. The molecule has 0 spiro atoms. The van der Waals surface area contributed by atoms with E-state index in [1.54, 1.807) is 18.3 Å². The molecule has 5 nitrogen and oxygen atoms in total. The first-order chi connectivity index (χ1) is 7.20. The minimum Gasteiger partial charge on any atom is -0.480 e. The maximum absolute atomic E-state index is 5.75. The molecule has 0 radical (unpaired) electrons. The van der Waals surface area contributed by atoms with E-state index in [2.05, 4.69) is 15.0 Å². The van der Waals surface area contributed by atoms with Gasteiger partial charge in [-0.1, -0.05) is 11.6 Å². The molecule has 78 valence electrons. The predicted octanol–water partition coefficient (Wildman–Crippen LogP) is 1.72. The predicted molar refractivity (Wildman–Crippen MR) is 57.8 cm³/mol. The van der Waals surface area contributed by atoms with Gasteiger partial charge in [0, 0.05) is 0 Å². The van der Waals surface area contributed by atoms with E-state index in [9.17, 15) is 0 Å². The number of halogens is 1. The van der Waals surface area contributed by atoms with Crippen molar-refractivity contribution in [3.8, 4) is 17.1 Å². The Labute approximate surface area is 91.3 Å². The van der Waals surface area contributed by atoms with E-state index in [4.69, 9.17) is 22.1 Å². The van der Waals surface area contributed by atoms with Gasteiger partial charge in [-0.05, 0) is 12.1 Å². The Morgan fingerprint density at radius 3 is 2.87 bits per heavy atom. The lowest BCUT2D eigenvalue weighted by Gasteiger charge is -2.04. The lowest BCUT2D eigenvalue weighted by atomic mass is 10.2. The number of aromatic nitrogens is 3. The second kappa shape index (κ2) is 3.78. The molecule has 6 heteroatoms. The van der Waals surface area contributed by atoms with Crippen molar-refractivity contribution in [2.45, 2.75) is 0 Å². The Kier molecular flexibility index (Phi) is 2.47. The third kappa shape index (κ3) is 1.87. The van der Waals surface area contributed by atoms with Crippen LogP contribution in [-0.4, -0.2) is 22.1 Å². The zero-order valence-corrected chi connectivity index (χ0v) is 8.75. The fraction of sp³-hybridized carbons (Fsp3) is 0.111. The lowest BCUT2D eigenvalue weighted by molar-refractivity contribution is 0.399. The van der Waals surface area contributed by atoms with Crippen molar-refractivity contribution in [1.82, 2.24) is 15.0 Å². The molecule has 0 saturated heterocycles. The van der Waals surface area contributed by atoms with Crippen LogP contribution in [0.15, 0.2) is 18.3 Å². The Bertz CT molecular complexity index is 483. The molecule has 2 rings (SSSR count).